The van der Waals surface area contributed by atoms with Crippen LogP contribution in [0.3, 0.4) is 0 Å². The van der Waals surface area contributed by atoms with Crippen molar-refractivity contribution in [3.05, 3.63) is 17.4 Å². The first kappa shape index (κ1) is 10.1. The Kier molecular flexibility index (Phi) is 2.46. The minimum Gasteiger partial charge on any atom is -0.494 e. The van der Waals surface area contributed by atoms with Crippen LogP contribution in [0.4, 0.5) is 15.8 Å². The lowest BCUT2D eigenvalue weighted by molar-refractivity contribution is 0.0697. The Morgan fingerprint density at radius 1 is 1.50 bits per heavy atom. The quantitative estimate of drug-likeness (QED) is 0.610. The van der Waals surface area contributed by atoms with E-state index in [0.717, 1.165) is 6.07 Å². The monoisotopic (exact) mass is 200 g/mol. The molecule has 0 saturated carbocycles. The molecule has 0 amide bonds. The Hall–Kier alpha value is -1.98. The van der Waals surface area contributed by atoms with Crippen LogP contribution in [-0.2, 0) is 0 Å². The number of carbonyl (C=O) groups is 1. The molecular formula is C8H9FN2O3. The Balaban J connectivity index is 3.48. The summed E-state index contributed by atoms with van der Waals surface area (Å²) in [6.45, 7) is 0. The summed E-state index contributed by atoms with van der Waals surface area (Å²) in [6, 6.07) is 0.989. The van der Waals surface area contributed by atoms with Crippen molar-refractivity contribution >= 4 is 17.3 Å². The predicted molar refractivity (Wildman–Crippen MR) is 48.7 cm³/mol. The number of carboxylic acid groups (broad SMARTS) is 1. The van der Waals surface area contributed by atoms with Gasteiger partial charge in [-0.2, -0.15) is 0 Å². The maximum Gasteiger partial charge on any atom is 0.338 e. The molecule has 0 aliphatic carbocycles. The van der Waals surface area contributed by atoms with Gasteiger partial charge < -0.3 is 21.3 Å². The summed E-state index contributed by atoms with van der Waals surface area (Å²) in [7, 11) is 1.21. The standard InChI is InChI=1S/C8H9FN2O3/c1-14-4-2-3(8(12)13)6(10)7(11)5(4)9/h2H,10-11H2,1H3,(H,12,13). The van der Waals surface area contributed by atoms with Gasteiger partial charge in [-0.1, -0.05) is 0 Å². The zero-order valence-corrected chi connectivity index (χ0v) is 7.37. The molecule has 0 radical (unpaired) electrons. The Bertz CT molecular complexity index is 393. The van der Waals surface area contributed by atoms with Crippen molar-refractivity contribution in [2.45, 2.75) is 0 Å². The summed E-state index contributed by atoms with van der Waals surface area (Å²) in [6.07, 6.45) is 0. The maximum absolute atomic E-state index is 13.2. The second-order valence-electron chi connectivity index (χ2n) is 2.57. The average Bonchev–Trinajstić information content (AvgIpc) is 2.14. The van der Waals surface area contributed by atoms with Crippen LogP contribution < -0.4 is 16.2 Å². The summed E-state index contributed by atoms with van der Waals surface area (Å²) < 4.78 is 17.8. The lowest BCUT2D eigenvalue weighted by Gasteiger charge is -2.09. The molecule has 0 aliphatic rings. The molecule has 1 rings (SSSR count). The van der Waals surface area contributed by atoms with Gasteiger partial charge in [0.05, 0.1) is 24.0 Å². The number of nitrogen functional groups attached to an aromatic ring is 2. The first-order valence-electron chi connectivity index (χ1n) is 3.63. The summed E-state index contributed by atoms with van der Waals surface area (Å²) in [4.78, 5) is 10.6. The number of aromatic carboxylic acids is 1. The topological polar surface area (TPSA) is 98.6 Å². The fourth-order valence-corrected chi connectivity index (χ4v) is 0.994. The van der Waals surface area contributed by atoms with Gasteiger partial charge in [0.2, 0.25) is 0 Å². The molecule has 0 heterocycles. The molecular weight excluding hydrogens is 191 g/mol. The molecule has 5 nitrogen and oxygen atoms in total. The Morgan fingerprint density at radius 2 is 2.07 bits per heavy atom. The molecule has 5 N–H and O–H groups in total. The van der Waals surface area contributed by atoms with Crippen LogP contribution in [0.5, 0.6) is 5.75 Å². The minimum atomic E-state index is -1.28. The van der Waals surface area contributed by atoms with E-state index in [1.165, 1.54) is 7.11 Å². The molecule has 0 fully saturated rings. The van der Waals surface area contributed by atoms with E-state index in [0.29, 0.717) is 0 Å². The number of ether oxygens (including phenoxy) is 1. The molecule has 1 aromatic carbocycles. The van der Waals surface area contributed by atoms with Crippen molar-refractivity contribution in [1.82, 2.24) is 0 Å². The second-order valence-corrected chi connectivity index (χ2v) is 2.57. The van der Waals surface area contributed by atoms with Crippen molar-refractivity contribution in [2.24, 2.45) is 0 Å². The average molecular weight is 200 g/mol. The number of methoxy groups -OCH3 is 1. The number of hydrogen-bond acceptors (Lipinski definition) is 4. The first-order valence-corrected chi connectivity index (χ1v) is 3.63. The van der Waals surface area contributed by atoms with E-state index >= 15 is 0 Å². The first-order chi connectivity index (χ1) is 6.49. The third kappa shape index (κ3) is 1.41. The zero-order chi connectivity index (χ0) is 10.9. The van der Waals surface area contributed by atoms with Crippen LogP contribution in [0, 0.1) is 5.82 Å². The molecule has 0 unspecified atom stereocenters. The molecule has 1 aromatic rings. The lowest BCUT2D eigenvalue weighted by atomic mass is 10.1. The second kappa shape index (κ2) is 3.41. The van der Waals surface area contributed by atoms with Gasteiger partial charge in [0.15, 0.2) is 11.6 Å². The third-order valence-corrected chi connectivity index (χ3v) is 1.76. The Morgan fingerprint density at radius 3 is 2.50 bits per heavy atom. The highest BCUT2D eigenvalue weighted by atomic mass is 19.1. The molecule has 0 bridgehead atoms. The van der Waals surface area contributed by atoms with Gasteiger partial charge in [0, 0.05) is 0 Å². The fraction of sp³-hybridized carbons (Fsp3) is 0.125. The highest BCUT2D eigenvalue weighted by molar-refractivity contribution is 5.97. The van der Waals surface area contributed by atoms with Crippen molar-refractivity contribution in [1.29, 1.82) is 0 Å². The van der Waals surface area contributed by atoms with Crippen LogP contribution in [0.25, 0.3) is 0 Å². The molecule has 0 spiro atoms. The summed E-state index contributed by atoms with van der Waals surface area (Å²) in [5.41, 5.74) is 9.57. The van der Waals surface area contributed by atoms with E-state index < -0.39 is 17.5 Å². The van der Waals surface area contributed by atoms with Crippen LogP contribution in [0.15, 0.2) is 6.07 Å². The van der Waals surface area contributed by atoms with E-state index in [-0.39, 0.29) is 17.0 Å². The largest absolute Gasteiger partial charge is 0.494 e. The Labute approximate surface area is 79.1 Å². The zero-order valence-electron chi connectivity index (χ0n) is 7.37. The fourth-order valence-electron chi connectivity index (χ4n) is 0.994. The lowest BCUT2D eigenvalue weighted by Crippen LogP contribution is -2.08. The van der Waals surface area contributed by atoms with Crippen LogP contribution in [0.1, 0.15) is 10.4 Å². The highest BCUT2D eigenvalue weighted by Crippen LogP contribution is 2.31. The van der Waals surface area contributed by atoms with Crippen molar-refractivity contribution in [2.75, 3.05) is 18.6 Å². The molecule has 0 atom stereocenters. The van der Waals surface area contributed by atoms with Gasteiger partial charge in [-0.15, -0.1) is 0 Å². The molecule has 6 heteroatoms. The van der Waals surface area contributed by atoms with Gasteiger partial charge in [-0.05, 0) is 6.07 Å². The number of anilines is 2. The smallest absolute Gasteiger partial charge is 0.338 e. The van der Waals surface area contributed by atoms with E-state index in [2.05, 4.69) is 4.74 Å². The summed E-state index contributed by atoms with van der Waals surface area (Å²) in [5, 5.41) is 8.69. The highest BCUT2D eigenvalue weighted by Gasteiger charge is 2.18. The number of nitrogens with two attached hydrogens (primary N) is 2. The number of hydrogen-bond donors (Lipinski definition) is 3. The van der Waals surface area contributed by atoms with Gasteiger partial charge in [0.25, 0.3) is 0 Å². The number of carboxylic acids is 1. The number of rotatable bonds is 2. The minimum absolute atomic E-state index is 0.242. The van der Waals surface area contributed by atoms with E-state index in [9.17, 15) is 9.18 Å². The van der Waals surface area contributed by atoms with Gasteiger partial charge in [0.1, 0.15) is 0 Å². The van der Waals surface area contributed by atoms with Gasteiger partial charge in [-0.3, -0.25) is 0 Å². The normalized spacial score (nSPS) is 9.86. The van der Waals surface area contributed by atoms with Crippen molar-refractivity contribution in [3.63, 3.8) is 0 Å². The molecule has 0 aromatic heterocycles. The molecule has 76 valence electrons. The van der Waals surface area contributed by atoms with E-state index in [1.807, 2.05) is 0 Å². The number of benzene rings is 1. The summed E-state index contributed by atoms with van der Waals surface area (Å²) in [5.74, 6) is -2.38. The SMILES string of the molecule is COc1cc(C(=O)O)c(N)c(N)c1F. The van der Waals surface area contributed by atoms with Crippen LogP contribution in [0.2, 0.25) is 0 Å². The van der Waals surface area contributed by atoms with E-state index in [4.69, 9.17) is 16.6 Å². The van der Waals surface area contributed by atoms with E-state index in [1.54, 1.807) is 0 Å². The predicted octanol–water partition coefficient (Wildman–Crippen LogP) is 0.697. The third-order valence-electron chi connectivity index (χ3n) is 1.76. The van der Waals surface area contributed by atoms with Crippen LogP contribution in [-0.4, -0.2) is 18.2 Å². The molecule has 14 heavy (non-hydrogen) atoms. The van der Waals surface area contributed by atoms with Crippen LogP contribution >= 0.6 is 0 Å². The summed E-state index contributed by atoms with van der Waals surface area (Å²) >= 11 is 0. The van der Waals surface area contributed by atoms with Crippen molar-refractivity contribution < 1.29 is 19.0 Å². The van der Waals surface area contributed by atoms with Gasteiger partial charge >= 0.3 is 5.97 Å². The van der Waals surface area contributed by atoms with Crippen molar-refractivity contribution in [3.8, 4) is 5.75 Å². The maximum atomic E-state index is 13.2. The number of halogens is 1. The molecule has 0 aliphatic heterocycles. The van der Waals surface area contributed by atoms with Gasteiger partial charge in [-0.25, -0.2) is 9.18 Å². The molecule has 0 saturated heterocycles.